The van der Waals surface area contributed by atoms with Gasteiger partial charge in [0, 0.05) is 25.7 Å². The smallest absolute Gasteiger partial charge is 0.257 e. The van der Waals surface area contributed by atoms with Gasteiger partial charge in [-0.3, -0.25) is 9.69 Å². The Hall–Kier alpha value is -2.44. The van der Waals surface area contributed by atoms with Crippen LogP contribution in [0.1, 0.15) is 29.8 Å². The molecule has 2 atom stereocenters. The molecular weight excluding hydrogens is 371 g/mol. The summed E-state index contributed by atoms with van der Waals surface area (Å²) in [7, 11) is 0. The fraction of sp³-hybridized carbons (Fsp3) is 0.435. The number of nitrogens with zero attached hydrogens (tertiary/aromatic N) is 2. The van der Waals surface area contributed by atoms with E-state index in [0.29, 0.717) is 32.1 Å². The maximum absolute atomic E-state index is 14.7. The van der Waals surface area contributed by atoms with Crippen molar-refractivity contribution in [3.8, 4) is 5.75 Å². The van der Waals surface area contributed by atoms with Crippen molar-refractivity contribution in [1.82, 2.24) is 9.80 Å². The number of benzene rings is 2. The van der Waals surface area contributed by atoms with Gasteiger partial charge in [-0.25, -0.2) is 4.39 Å². The minimum absolute atomic E-state index is 0.0508. The molecule has 2 aliphatic rings. The Bertz CT molecular complexity index is 844. The molecule has 2 bridgehead atoms. The van der Waals surface area contributed by atoms with Crippen molar-refractivity contribution >= 4 is 5.91 Å². The van der Waals surface area contributed by atoms with Gasteiger partial charge in [0.05, 0.1) is 37.0 Å². The van der Waals surface area contributed by atoms with Crippen LogP contribution < -0.4 is 4.74 Å². The van der Waals surface area contributed by atoms with Crippen LogP contribution >= 0.6 is 0 Å². The number of carbonyl (C=O) groups excluding carboxylic acids is 1. The quantitative estimate of drug-likeness (QED) is 0.775. The number of rotatable bonds is 5. The summed E-state index contributed by atoms with van der Waals surface area (Å²) in [5.41, 5.74) is 1.34. The second-order valence-electron chi connectivity index (χ2n) is 8.05. The van der Waals surface area contributed by atoms with Crippen LogP contribution in [0.25, 0.3) is 0 Å². The molecule has 0 spiro atoms. The van der Waals surface area contributed by atoms with E-state index >= 15 is 0 Å². The summed E-state index contributed by atoms with van der Waals surface area (Å²) in [6.07, 6.45) is -0.0508. The SMILES string of the molecule is CC(C)Oc1ccc(C(=O)N2[C@@H]3COC[C@H]2CN(Cc2ccccc2)C3)c(F)c1. The average molecular weight is 398 g/mol. The first-order valence-electron chi connectivity index (χ1n) is 10.1. The Balaban J connectivity index is 1.49. The molecule has 0 N–H and O–H groups in total. The molecule has 2 fully saturated rings. The van der Waals surface area contributed by atoms with Crippen LogP contribution in [0.3, 0.4) is 0 Å². The summed E-state index contributed by atoms with van der Waals surface area (Å²) < 4.78 is 25.9. The van der Waals surface area contributed by atoms with Crippen LogP contribution in [0.15, 0.2) is 48.5 Å². The Morgan fingerprint density at radius 1 is 1.14 bits per heavy atom. The minimum Gasteiger partial charge on any atom is -0.491 e. The molecule has 5 nitrogen and oxygen atoms in total. The number of piperazine rings is 1. The number of halogens is 1. The lowest BCUT2D eigenvalue weighted by molar-refractivity contribution is -0.0815. The molecule has 2 aromatic rings. The van der Waals surface area contributed by atoms with E-state index in [1.165, 1.54) is 17.7 Å². The van der Waals surface area contributed by atoms with Crippen LogP contribution in [-0.2, 0) is 11.3 Å². The molecule has 2 aromatic carbocycles. The lowest BCUT2D eigenvalue weighted by Gasteiger charge is -2.49. The Morgan fingerprint density at radius 3 is 2.45 bits per heavy atom. The molecule has 29 heavy (non-hydrogen) atoms. The van der Waals surface area contributed by atoms with Gasteiger partial charge in [-0.2, -0.15) is 0 Å². The first-order chi connectivity index (χ1) is 14.0. The summed E-state index contributed by atoms with van der Waals surface area (Å²) in [6, 6.07) is 14.6. The summed E-state index contributed by atoms with van der Waals surface area (Å²) >= 11 is 0. The maximum Gasteiger partial charge on any atom is 0.257 e. The lowest BCUT2D eigenvalue weighted by Crippen LogP contribution is -2.65. The van der Waals surface area contributed by atoms with Crippen LogP contribution in [0, 0.1) is 5.82 Å². The zero-order chi connectivity index (χ0) is 20.4. The Morgan fingerprint density at radius 2 is 1.83 bits per heavy atom. The molecule has 2 aliphatic heterocycles. The van der Waals surface area contributed by atoms with Gasteiger partial charge >= 0.3 is 0 Å². The fourth-order valence-corrected chi connectivity index (χ4v) is 4.21. The highest BCUT2D eigenvalue weighted by molar-refractivity contribution is 5.95. The lowest BCUT2D eigenvalue weighted by atomic mass is 10.0. The third kappa shape index (κ3) is 4.43. The van der Waals surface area contributed by atoms with E-state index in [9.17, 15) is 9.18 Å². The van der Waals surface area contributed by atoms with E-state index in [-0.39, 0.29) is 29.7 Å². The highest BCUT2D eigenvalue weighted by atomic mass is 19.1. The van der Waals surface area contributed by atoms with E-state index in [0.717, 1.165) is 6.54 Å². The normalized spacial score (nSPS) is 22.0. The molecule has 6 heteroatoms. The van der Waals surface area contributed by atoms with E-state index in [1.54, 1.807) is 6.07 Å². The van der Waals surface area contributed by atoms with Crippen molar-refractivity contribution in [3.63, 3.8) is 0 Å². The predicted molar refractivity (Wildman–Crippen MR) is 108 cm³/mol. The number of hydrogen-bond donors (Lipinski definition) is 0. The van der Waals surface area contributed by atoms with Crippen molar-refractivity contribution in [2.75, 3.05) is 26.3 Å². The van der Waals surface area contributed by atoms with Crippen molar-refractivity contribution in [3.05, 3.63) is 65.5 Å². The summed E-state index contributed by atoms with van der Waals surface area (Å²) in [6.45, 7) is 6.99. The van der Waals surface area contributed by atoms with Crippen molar-refractivity contribution < 1.29 is 18.7 Å². The largest absolute Gasteiger partial charge is 0.491 e. The number of hydrogen-bond acceptors (Lipinski definition) is 4. The fourth-order valence-electron chi connectivity index (χ4n) is 4.21. The van der Waals surface area contributed by atoms with Crippen LogP contribution in [-0.4, -0.2) is 60.2 Å². The zero-order valence-electron chi connectivity index (χ0n) is 16.9. The van der Waals surface area contributed by atoms with Crippen LogP contribution in [0.5, 0.6) is 5.75 Å². The first-order valence-corrected chi connectivity index (χ1v) is 10.1. The molecule has 0 saturated carbocycles. The van der Waals surface area contributed by atoms with Gasteiger partial charge in [-0.1, -0.05) is 30.3 Å². The van der Waals surface area contributed by atoms with Gasteiger partial charge < -0.3 is 14.4 Å². The van der Waals surface area contributed by atoms with Crippen LogP contribution in [0.4, 0.5) is 4.39 Å². The molecule has 0 radical (unpaired) electrons. The molecule has 0 aromatic heterocycles. The van der Waals surface area contributed by atoms with Gasteiger partial charge in [0.25, 0.3) is 5.91 Å². The molecule has 0 unspecified atom stereocenters. The maximum atomic E-state index is 14.7. The third-order valence-electron chi connectivity index (χ3n) is 5.37. The third-order valence-corrected chi connectivity index (χ3v) is 5.37. The highest BCUT2D eigenvalue weighted by Crippen LogP contribution is 2.27. The van der Waals surface area contributed by atoms with Gasteiger partial charge in [-0.05, 0) is 31.5 Å². The summed E-state index contributed by atoms with van der Waals surface area (Å²) in [5.74, 6) is -0.375. The Kier molecular flexibility index (Phi) is 5.83. The molecular formula is C23H27FN2O3. The van der Waals surface area contributed by atoms with Gasteiger partial charge in [-0.15, -0.1) is 0 Å². The van der Waals surface area contributed by atoms with E-state index in [2.05, 4.69) is 17.0 Å². The number of amides is 1. The summed E-state index contributed by atoms with van der Waals surface area (Å²) in [5, 5.41) is 0. The molecule has 4 rings (SSSR count). The second kappa shape index (κ2) is 8.51. The number of ether oxygens (including phenoxy) is 2. The zero-order valence-corrected chi connectivity index (χ0v) is 16.9. The standard InChI is InChI=1S/C23H27FN2O3/c1-16(2)29-20-8-9-21(22(24)10-20)23(27)26-18-12-25(13-19(26)15-28-14-18)11-17-6-4-3-5-7-17/h3-10,16,18-19H,11-15H2,1-2H3/t18-,19+. The summed E-state index contributed by atoms with van der Waals surface area (Å²) in [4.78, 5) is 17.4. The van der Waals surface area contributed by atoms with Crippen LogP contribution in [0.2, 0.25) is 0 Å². The van der Waals surface area contributed by atoms with Gasteiger partial charge in [0.15, 0.2) is 0 Å². The van der Waals surface area contributed by atoms with Gasteiger partial charge in [0.2, 0.25) is 0 Å². The number of carbonyl (C=O) groups is 1. The molecule has 2 heterocycles. The molecule has 0 aliphatic carbocycles. The number of morpholine rings is 1. The van der Waals surface area contributed by atoms with Crippen molar-refractivity contribution in [2.45, 2.75) is 38.6 Å². The van der Waals surface area contributed by atoms with E-state index in [4.69, 9.17) is 9.47 Å². The topological polar surface area (TPSA) is 42.0 Å². The molecule has 1 amide bonds. The van der Waals surface area contributed by atoms with Gasteiger partial charge in [0.1, 0.15) is 11.6 Å². The second-order valence-corrected chi connectivity index (χ2v) is 8.05. The highest BCUT2D eigenvalue weighted by Gasteiger charge is 2.41. The van der Waals surface area contributed by atoms with E-state index < -0.39 is 5.82 Å². The monoisotopic (exact) mass is 398 g/mol. The van der Waals surface area contributed by atoms with Crippen molar-refractivity contribution in [2.24, 2.45) is 0 Å². The molecule has 154 valence electrons. The number of fused-ring (bicyclic) bond motifs is 2. The Labute approximate surface area is 171 Å². The minimum atomic E-state index is -0.543. The predicted octanol–water partition coefficient (Wildman–Crippen LogP) is 3.34. The molecule has 2 saturated heterocycles. The van der Waals surface area contributed by atoms with Crippen molar-refractivity contribution in [1.29, 1.82) is 0 Å². The average Bonchev–Trinajstić information content (AvgIpc) is 2.67. The van der Waals surface area contributed by atoms with E-state index in [1.807, 2.05) is 36.9 Å². The first kappa shape index (κ1) is 19.9.